The molecule has 238 valence electrons. The molecule has 0 saturated carbocycles. The molecule has 2 aliphatic heterocycles. The van der Waals surface area contributed by atoms with Gasteiger partial charge < -0.3 is 13.9 Å². The Labute approximate surface area is 263 Å². The molecule has 5 heteroatoms. The first-order chi connectivity index (χ1) is 19.8. The number of pyridine rings is 1. The van der Waals surface area contributed by atoms with Crippen LogP contribution < -0.4 is 0 Å². The lowest BCUT2D eigenvalue weighted by Gasteiger charge is -2.47. The van der Waals surface area contributed by atoms with Crippen LogP contribution in [0.15, 0.2) is 24.3 Å². The van der Waals surface area contributed by atoms with E-state index in [1.165, 1.54) is 39.2 Å². The molecule has 0 radical (unpaired) electrons. The van der Waals surface area contributed by atoms with Crippen LogP contribution in [0.3, 0.4) is 0 Å². The molecule has 3 aliphatic rings. The first-order valence-electron chi connectivity index (χ1n) is 16.9. The number of hydrogen-bond donors (Lipinski definition) is 0. The molecule has 0 amide bonds. The van der Waals surface area contributed by atoms with Crippen molar-refractivity contribution in [2.24, 2.45) is 11.3 Å². The van der Waals surface area contributed by atoms with Crippen LogP contribution >= 0.6 is 0 Å². The highest BCUT2D eigenvalue weighted by Crippen LogP contribution is 2.60. The number of benzene rings is 1. The van der Waals surface area contributed by atoms with E-state index in [0.717, 1.165) is 38.9 Å². The number of rotatable bonds is 5. The van der Waals surface area contributed by atoms with Crippen LogP contribution in [0.1, 0.15) is 153 Å². The minimum Gasteiger partial charge on any atom is -0.410 e. The van der Waals surface area contributed by atoms with E-state index < -0.39 is 13.9 Å². The zero-order valence-corrected chi connectivity index (χ0v) is 30.5. The fourth-order valence-corrected chi connectivity index (χ4v) is 8.80. The maximum absolute atomic E-state index is 7.57. The SMILES string of the molecule is CCC1COCCC12OC(c1ccc(C(C)(C)C)cc1)c1c(C(C)C)nc3c(c12)C(O[Si](C)(C)C(C)(C)C)CC(C)(C)C3. The van der Waals surface area contributed by atoms with E-state index in [0.29, 0.717) is 5.92 Å². The molecule has 1 saturated heterocycles. The summed E-state index contributed by atoms with van der Waals surface area (Å²) in [5.41, 5.74) is 8.95. The predicted molar refractivity (Wildman–Crippen MR) is 180 cm³/mol. The third-order valence-electron chi connectivity index (χ3n) is 11.1. The molecule has 4 unspecified atom stereocenters. The van der Waals surface area contributed by atoms with Crippen molar-refractivity contribution in [3.8, 4) is 0 Å². The van der Waals surface area contributed by atoms with Crippen LogP contribution in [-0.2, 0) is 31.3 Å². The fraction of sp³-hybridized carbons (Fsp3) is 0.711. The highest BCUT2D eigenvalue weighted by atomic mass is 28.4. The van der Waals surface area contributed by atoms with Crippen molar-refractivity contribution in [1.82, 2.24) is 4.98 Å². The summed E-state index contributed by atoms with van der Waals surface area (Å²) >= 11 is 0. The van der Waals surface area contributed by atoms with Gasteiger partial charge >= 0.3 is 0 Å². The summed E-state index contributed by atoms with van der Waals surface area (Å²) in [5.74, 6) is 0.577. The van der Waals surface area contributed by atoms with E-state index in [9.17, 15) is 0 Å². The quantitative estimate of drug-likeness (QED) is 0.318. The largest absolute Gasteiger partial charge is 0.410 e. The third kappa shape index (κ3) is 5.82. The number of aromatic nitrogens is 1. The van der Waals surface area contributed by atoms with Crippen molar-refractivity contribution >= 4 is 8.32 Å². The first-order valence-corrected chi connectivity index (χ1v) is 19.8. The van der Waals surface area contributed by atoms with Crippen LogP contribution in [0.5, 0.6) is 0 Å². The molecular weight excluding hydrogens is 547 g/mol. The van der Waals surface area contributed by atoms with E-state index in [4.69, 9.17) is 18.9 Å². The van der Waals surface area contributed by atoms with Crippen LogP contribution in [-0.4, -0.2) is 26.5 Å². The summed E-state index contributed by atoms with van der Waals surface area (Å²) in [4.78, 5) is 5.61. The van der Waals surface area contributed by atoms with Gasteiger partial charge in [0.2, 0.25) is 0 Å². The average molecular weight is 606 g/mol. The van der Waals surface area contributed by atoms with Gasteiger partial charge in [-0.15, -0.1) is 0 Å². The van der Waals surface area contributed by atoms with E-state index in [-0.39, 0.29) is 34.0 Å². The summed E-state index contributed by atoms with van der Waals surface area (Å²) in [7, 11) is -2.08. The van der Waals surface area contributed by atoms with Gasteiger partial charge in [0, 0.05) is 41.5 Å². The van der Waals surface area contributed by atoms with Crippen LogP contribution in [0.2, 0.25) is 18.1 Å². The number of fused-ring (bicyclic) bond motifs is 4. The van der Waals surface area contributed by atoms with Gasteiger partial charge in [-0.2, -0.15) is 0 Å². The van der Waals surface area contributed by atoms with Crippen molar-refractivity contribution in [2.45, 2.75) is 149 Å². The Morgan fingerprint density at radius 2 is 1.67 bits per heavy atom. The van der Waals surface area contributed by atoms with Gasteiger partial charge in [-0.1, -0.05) is 100 Å². The minimum absolute atomic E-state index is 0.0185. The van der Waals surface area contributed by atoms with Crippen LogP contribution in [0, 0.1) is 11.3 Å². The molecule has 1 aromatic heterocycles. The maximum atomic E-state index is 7.57. The van der Waals surface area contributed by atoms with Gasteiger partial charge in [-0.3, -0.25) is 4.98 Å². The Hall–Kier alpha value is -1.53. The molecule has 1 fully saturated rings. The van der Waals surface area contributed by atoms with Gasteiger partial charge in [-0.25, -0.2) is 0 Å². The lowest BCUT2D eigenvalue weighted by atomic mass is 9.67. The monoisotopic (exact) mass is 605 g/mol. The topological polar surface area (TPSA) is 40.6 Å². The Morgan fingerprint density at radius 3 is 2.23 bits per heavy atom. The predicted octanol–water partition coefficient (Wildman–Crippen LogP) is 10.3. The number of ether oxygens (including phenoxy) is 2. The molecule has 4 atom stereocenters. The normalized spacial score (nSPS) is 27.4. The van der Waals surface area contributed by atoms with Crippen LogP contribution in [0.4, 0.5) is 0 Å². The molecule has 3 heterocycles. The van der Waals surface area contributed by atoms with Gasteiger partial charge in [0.25, 0.3) is 0 Å². The second kappa shape index (κ2) is 11.1. The molecule has 1 spiro atoms. The maximum Gasteiger partial charge on any atom is 0.192 e. The molecule has 0 N–H and O–H groups in total. The lowest BCUT2D eigenvalue weighted by Crippen LogP contribution is -2.46. The highest BCUT2D eigenvalue weighted by molar-refractivity contribution is 6.74. The second-order valence-electron chi connectivity index (χ2n) is 17.4. The average Bonchev–Trinajstić information content (AvgIpc) is 3.21. The molecule has 1 aliphatic carbocycles. The van der Waals surface area contributed by atoms with E-state index in [1.54, 1.807) is 0 Å². The summed E-state index contributed by atoms with van der Waals surface area (Å²) in [6.45, 7) is 31.9. The smallest absolute Gasteiger partial charge is 0.192 e. The number of nitrogens with zero attached hydrogens (tertiary/aromatic N) is 1. The van der Waals surface area contributed by atoms with Gasteiger partial charge in [0.05, 0.1) is 12.7 Å². The van der Waals surface area contributed by atoms with Crippen molar-refractivity contribution in [1.29, 1.82) is 0 Å². The van der Waals surface area contributed by atoms with Crippen molar-refractivity contribution < 1.29 is 13.9 Å². The Balaban J connectivity index is 1.81. The van der Waals surface area contributed by atoms with Crippen molar-refractivity contribution in [3.63, 3.8) is 0 Å². The molecular formula is C38H59NO3Si. The van der Waals surface area contributed by atoms with Gasteiger partial charge in [0.15, 0.2) is 8.32 Å². The molecule has 1 aromatic carbocycles. The summed E-state index contributed by atoms with van der Waals surface area (Å²) in [6.07, 6.45) is 3.75. The van der Waals surface area contributed by atoms with Crippen molar-refractivity contribution in [3.05, 3.63) is 63.5 Å². The fourth-order valence-electron chi connectivity index (χ4n) is 7.53. The van der Waals surface area contributed by atoms with Gasteiger partial charge in [-0.05, 0) is 70.8 Å². The molecule has 5 rings (SSSR count). The minimum atomic E-state index is -2.08. The Morgan fingerprint density at radius 1 is 1.02 bits per heavy atom. The van der Waals surface area contributed by atoms with Crippen molar-refractivity contribution in [2.75, 3.05) is 13.2 Å². The molecule has 4 nitrogen and oxygen atoms in total. The standard InChI is InChI=1S/C38H59NO3Si/c1-14-26-23-40-20-19-38(26)32-30-28(21-37(10,11)22-29(30)42-43(12,13)36(7,8)9)39-33(24(2)3)31(32)34(41-38)25-15-17-27(18-16-25)35(4,5)6/h15-18,24,26,29,34H,14,19-23H2,1-13H3. The summed E-state index contributed by atoms with van der Waals surface area (Å²) in [6, 6.07) is 9.23. The Kier molecular flexibility index (Phi) is 8.45. The number of hydrogen-bond acceptors (Lipinski definition) is 4. The molecule has 2 aromatic rings. The van der Waals surface area contributed by atoms with E-state index >= 15 is 0 Å². The zero-order valence-electron chi connectivity index (χ0n) is 29.5. The van der Waals surface area contributed by atoms with Gasteiger partial charge in [0.1, 0.15) is 11.7 Å². The van der Waals surface area contributed by atoms with E-state index in [2.05, 4.69) is 114 Å². The highest BCUT2D eigenvalue weighted by Gasteiger charge is 2.56. The Bertz CT molecular complexity index is 1330. The van der Waals surface area contributed by atoms with E-state index in [1.807, 2.05) is 0 Å². The zero-order chi connectivity index (χ0) is 31.8. The first kappa shape index (κ1) is 32.8. The summed E-state index contributed by atoms with van der Waals surface area (Å²) in [5, 5.41) is 0.124. The van der Waals surface area contributed by atoms with Crippen LogP contribution in [0.25, 0.3) is 0 Å². The third-order valence-corrected chi connectivity index (χ3v) is 15.5. The lowest BCUT2D eigenvalue weighted by molar-refractivity contribution is -0.163. The molecule has 0 bridgehead atoms. The molecule has 43 heavy (non-hydrogen) atoms. The summed E-state index contributed by atoms with van der Waals surface area (Å²) < 4.78 is 21.2. The second-order valence-corrected chi connectivity index (χ2v) is 22.2.